The van der Waals surface area contributed by atoms with Crippen molar-refractivity contribution in [3.05, 3.63) is 47.3 Å². The van der Waals surface area contributed by atoms with Crippen LogP contribution in [0.25, 0.3) is 0 Å². The molecule has 1 amide bonds. The largest absolute Gasteiger partial charge is 0.340 e. The Balaban J connectivity index is 1.38. The van der Waals surface area contributed by atoms with Crippen LogP contribution in [0.15, 0.2) is 30.5 Å². The molecule has 1 aromatic heterocycles. The van der Waals surface area contributed by atoms with Crippen LogP contribution in [0.5, 0.6) is 0 Å². The lowest BCUT2D eigenvalue weighted by atomic mass is 10.1. The minimum absolute atomic E-state index is 0.209. The summed E-state index contributed by atoms with van der Waals surface area (Å²) >= 11 is 0. The second-order valence-electron chi connectivity index (χ2n) is 6.85. The summed E-state index contributed by atoms with van der Waals surface area (Å²) in [6.45, 7) is 3.62. The molecule has 4 rings (SSSR count). The first-order valence-electron chi connectivity index (χ1n) is 8.44. The van der Waals surface area contributed by atoms with Gasteiger partial charge in [0.2, 0.25) is 5.91 Å². The van der Waals surface area contributed by atoms with Crippen LogP contribution in [0, 0.1) is 6.92 Å². The molecule has 2 aromatic rings. The summed E-state index contributed by atoms with van der Waals surface area (Å²) in [6.07, 6.45) is 6.01. The van der Waals surface area contributed by atoms with E-state index in [0.717, 1.165) is 30.8 Å². The van der Waals surface area contributed by atoms with Crippen molar-refractivity contribution in [3.63, 3.8) is 0 Å². The molecule has 1 aliphatic heterocycles. The van der Waals surface area contributed by atoms with Crippen LogP contribution in [-0.2, 0) is 11.2 Å². The third-order valence-electron chi connectivity index (χ3n) is 4.85. The summed E-state index contributed by atoms with van der Waals surface area (Å²) in [5.74, 6) is 0.838. The number of hydrogen-bond donors (Lipinski definition) is 0. The zero-order valence-corrected chi connectivity index (χ0v) is 13.5. The maximum atomic E-state index is 12.5. The average molecular weight is 310 g/mol. The van der Waals surface area contributed by atoms with Gasteiger partial charge in [-0.1, -0.05) is 35.0 Å². The summed E-state index contributed by atoms with van der Waals surface area (Å²) in [5, 5.41) is 8.56. The van der Waals surface area contributed by atoms with Gasteiger partial charge < -0.3 is 4.90 Å². The van der Waals surface area contributed by atoms with Crippen molar-refractivity contribution >= 4 is 5.91 Å². The van der Waals surface area contributed by atoms with Crippen LogP contribution >= 0.6 is 0 Å². The quantitative estimate of drug-likeness (QED) is 0.872. The first kappa shape index (κ1) is 14.4. The molecule has 1 atom stereocenters. The highest BCUT2D eigenvalue weighted by Gasteiger charge is 2.31. The van der Waals surface area contributed by atoms with E-state index in [-0.39, 0.29) is 11.9 Å². The Bertz CT molecular complexity index is 719. The number of benzene rings is 1. The highest BCUT2D eigenvalue weighted by Crippen LogP contribution is 2.39. The van der Waals surface area contributed by atoms with E-state index in [0.29, 0.717) is 12.3 Å². The Labute approximate surface area is 136 Å². The van der Waals surface area contributed by atoms with Crippen LogP contribution < -0.4 is 0 Å². The van der Waals surface area contributed by atoms with Crippen molar-refractivity contribution in [2.45, 2.75) is 44.6 Å². The number of nitrogens with zero attached hydrogens (tertiary/aromatic N) is 4. The number of likely N-dealkylation sites (tertiary alicyclic amines) is 1. The molecule has 5 heteroatoms. The van der Waals surface area contributed by atoms with Crippen LogP contribution in [0.2, 0.25) is 0 Å². The number of carbonyl (C=O) groups is 1. The molecule has 2 aliphatic rings. The molecule has 1 aromatic carbocycles. The lowest BCUT2D eigenvalue weighted by Crippen LogP contribution is -2.30. The second kappa shape index (κ2) is 5.80. The summed E-state index contributed by atoms with van der Waals surface area (Å²) in [6, 6.07) is 8.46. The average Bonchev–Trinajstić information content (AvgIpc) is 3.08. The van der Waals surface area contributed by atoms with E-state index in [9.17, 15) is 4.79 Å². The van der Waals surface area contributed by atoms with Gasteiger partial charge >= 0.3 is 0 Å². The molecule has 0 bridgehead atoms. The summed E-state index contributed by atoms with van der Waals surface area (Å²) in [7, 11) is 0. The van der Waals surface area contributed by atoms with Crippen molar-refractivity contribution < 1.29 is 4.79 Å². The maximum absolute atomic E-state index is 12.5. The van der Waals surface area contributed by atoms with Gasteiger partial charge in [-0.05, 0) is 31.7 Å². The fourth-order valence-corrected chi connectivity index (χ4v) is 3.33. The van der Waals surface area contributed by atoms with Crippen LogP contribution in [0.4, 0.5) is 0 Å². The molecule has 1 saturated carbocycles. The zero-order valence-electron chi connectivity index (χ0n) is 13.5. The zero-order chi connectivity index (χ0) is 15.8. The van der Waals surface area contributed by atoms with Crippen molar-refractivity contribution in [3.8, 4) is 0 Å². The van der Waals surface area contributed by atoms with Crippen molar-refractivity contribution in [2.75, 3.05) is 13.1 Å². The van der Waals surface area contributed by atoms with Crippen LogP contribution in [-0.4, -0.2) is 38.9 Å². The molecule has 120 valence electrons. The number of hydrogen-bond acceptors (Lipinski definition) is 3. The molecule has 1 unspecified atom stereocenters. The Morgan fingerprint density at radius 3 is 2.96 bits per heavy atom. The fraction of sp³-hybridized carbons (Fsp3) is 0.500. The van der Waals surface area contributed by atoms with Gasteiger partial charge in [-0.2, -0.15) is 0 Å². The normalized spacial score (nSPS) is 20.9. The van der Waals surface area contributed by atoms with Crippen molar-refractivity contribution in [2.24, 2.45) is 0 Å². The third-order valence-corrected chi connectivity index (χ3v) is 4.85. The van der Waals surface area contributed by atoms with Gasteiger partial charge in [0.25, 0.3) is 0 Å². The Morgan fingerprint density at radius 1 is 1.30 bits per heavy atom. The molecule has 0 spiro atoms. The number of aryl methyl sites for hydroxylation is 1. The predicted octanol–water partition coefficient (Wildman–Crippen LogP) is 2.48. The van der Waals surface area contributed by atoms with Crippen molar-refractivity contribution in [1.82, 2.24) is 19.9 Å². The van der Waals surface area contributed by atoms with Gasteiger partial charge in [0.1, 0.15) is 0 Å². The van der Waals surface area contributed by atoms with Gasteiger partial charge in [0.15, 0.2) is 0 Å². The third kappa shape index (κ3) is 3.14. The molecule has 2 heterocycles. The van der Waals surface area contributed by atoms with Gasteiger partial charge in [0.05, 0.1) is 18.2 Å². The molecule has 1 aliphatic carbocycles. The predicted molar refractivity (Wildman–Crippen MR) is 87.1 cm³/mol. The molecule has 23 heavy (non-hydrogen) atoms. The minimum atomic E-state index is 0.209. The first-order chi connectivity index (χ1) is 11.2. The number of amides is 1. The summed E-state index contributed by atoms with van der Waals surface area (Å²) < 4.78 is 1.97. The van der Waals surface area contributed by atoms with Crippen LogP contribution in [0.3, 0.4) is 0 Å². The molecule has 1 saturated heterocycles. The van der Waals surface area contributed by atoms with E-state index >= 15 is 0 Å². The van der Waals surface area contributed by atoms with Gasteiger partial charge in [0, 0.05) is 25.2 Å². The summed E-state index contributed by atoms with van der Waals surface area (Å²) in [4.78, 5) is 14.5. The topological polar surface area (TPSA) is 51.0 Å². The van der Waals surface area contributed by atoms with Gasteiger partial charge in [-0.3, -0.25) is 4.79 Å². The fourth-order valence-electron chi connectivity index (χ4n) is 3.33. The molecule has 0 radical (unpaired) electrons. The highest BCUT2D eigenvalue weighted by atomic mass is 16.2. The van der Waals surface area contributed by atoms with Gasteiger partial charge in [-0.25, -0.2) is 4.68 Å². The van der Waals surface area contributed by atoms with E-state index in [1.165, 1.54) is 18.4 Å². The number of aromatic nitrogens is 3. The Morgan fingerprint density at radius 2 is 2.17 bits per heavy atom. The maximum Gasteiger partial charge on any atom is 0.227 e. The van der Waals surface area contributed by atoms with Crippen LogP contribution in [0.1, 0.15) is 48.0 Å². The van der Waals surface area contributed by atoms with E-state index in [1.807, 2.05) is 21.7 Å². The Kier molecular flexibility index (Phi) is 3.63. The second-order valence-corrected chi connectivity index (χ2v) is 6.85. The molecular weight excluding hydrogens is 288 g/mol. The smallest absolute Gasteiger partial charge is 0.227 e. The van der Waals surface area contributed by atoms with E-state index in [2.05, 4.69) is 35.6 Å². The lowest BCUT2D eigenvalue weighted by Gasteiger charge is -2.16. The molecule has 2 fully saturated rings. The number of rotatable bonds is 4. The molecular formula is C18H22N4O. The lowest BCUT2D eigenvalue weighted by molar-refractivity contribution is -0.129. The molecule has 0 N–H and O–H groups in total. The van der Waals surface area contributed by atoms with E-state index < -0.39 is 0 Å². The van der Waals surface area contributed by atoms with E-state index in [1.54, 1.807) is 0 Å². The van der Waals surface area contributed by atoms with E-state index in [4.69, 9.17) is 0 Å². The summed E-state index contributed by atoms with van der Waals surface area (Å²) in [5.41, 5.74) is 3.41. The standard InChI is InChI=1S/C18H22N4O/c1-13-3-2-4-14(9-13)10-18(23)21-8-7-16(11-21)22-12-17(19-20-22)15-5-6-15/h2-4,9,12,15-16H,5-8,10-11H2,1H3. The SMILES string of the molecule is Cc1cccc(CC(=O)N2CCC(n3cc(C4CC4)nn3)C2)c1. The van der Waals surface area contributed by atoms with Gasteiger partial charge in [-0.15, -0.1) is 5.10 Å². The number of carbonyl (C=O) groups excluding carboxylic acids is 1. The molecule has 5 nitrogen and oxygen atoms in total. The van der Waals surface area contributed by atoms with Crippen molar-refractivity contribution in [1.29, 1.82) is 0 Å². The monoisotopic (exact) mass is 310 g/mol. The first-order valence-corrected chi connectivity index (χ1v) is 8.44. The minimum Gasteiger partial charge on any atom is -0.340 e. The highest BCUT2D eigenvalue weighted by molar-refractivity contribution is 5.79. The Hall–Kier alpha value is -2.17.